The molecular weight excluding hydrogens is 388 g/mol. The summed E-state index contributed by atoms with van der Waals surface area (Å²) >= 11 is 6.12. The maximum Gasteiger partial charge on any atom is 0.273 e. The molecule has 1 N–H and O–H groups in total. The third-order valence-electron chi connectivity index (χ3n) is 4.85. The van der Waals surface area contributed by atoms with Crippen LogP contribution in [0.15, 0.2) is 59.5 Å². The molecule has 150 valence electrons. The lowest BCUT2D eigenvalue weighted by Gasteiger charge is -2.20. The Morgan fingerprint density at radius 2 is 2.00 bits per heavy atom. The van der Waals surface area contributed by atoms with E-state index in [1.165, 1.54) is 19.1 Å². The van der Waals surface area contributed by atoms with Crippen molar-refractivity contribution in [2.24, 2.45) is 5.92 Å². The van der Waals surface area contributed by atoms with Gasteiger partial charge in [-0.25, -0.2) is 4.98 Å². The second kappa shape index (κ2) is 9.20. The molecular formula is C22H23ClN4O2. The van der Waals surface area contributed by atoms with E-state index < -0.39 is 0 Å². The van der Waals surface area contributed by atoms with E-state index >= 15 is 0 Å². The van der Waals surface area contributed by atoms with Gasteiger partial charge >= 0.3 is 0 Å². The zero-order valence-corrected chi connectivity index (χ0v) is 16.8. The number of benzene rings is 1. The Bertz CT molecular complexity index is 956. The summed E-state index contributed by atoms with van der Waals surface area (Å²) in [5, 5.41) is 3.59. The molecule has 1 amide bonds. The lowest BCUT2D eigenvalue weighted by Crippen LogP contribution is -2.26. The van der Waals surface area contributed by atoms with Gasteiger partial charge in [0.25, 0.3) is 5.91 Å². The smallest absolute Gasteiger partial charge is 0.273 e. The number of hydrogen-bond acceptors (Lipinski definition) is 5. The molecule has 0 aliphatic heterocycles. The Balaban J connectivity index is 1.36. The van der Waals surface area contributed by atoms with Crippen molar-refractivity contribution < 1.29 is 9.21 Å². The molecule has 6 nitrogen and oxygen atoms in total. The molecule has 0 unspecified atom stereocenters. The minimum absolute atomic E-state index is 0.250. The van der Waals surface area contributed by atoms with Crippen LogP contribution in [-0.4, -0.2) is 27.3 Å². The lowest BCUT2D eigenvalue weighted by atomic mass is 10.2. The number of rotatable bonds is 9. The minimum Gasteiger partial charge on any atom is -0.447 e. The SMILES string of the molecule is O=C(NCc1ccncc1)c1coc(CN(Cc2cccc(Cl)c2)CC2CC2)n1. The first-order valence-electron chi connectivity index (χ1n) is 9.74. The zero-order chi connectivity index (χ0) is 20.1. The number of nitrogens with one attached hydrogen (secondary N) is 1. The normalized spacial score (nSPS) is 13.6. The zero-order valence-electron chi connectivity index (χ0n) is 16.1. The predicted molar refractivity (Wildman–Crippen MR) is 110 cm³/mol. The standard InChI is InChI=1S/C22H23ClN4O2/c23-19-3-1-2-18(10-19)13-27(12-17-4-5-17)14-21-26-20(15-29-21)22(28)25-11-16-6-8-24-9-7-16/h1-3,6-10,15,17H,4-5,11-14H2,(H,25,28). The molecule has 1 aliphatic carbocycles. The van der Waals surface area contributed by atoms with Gasteiger partial charge in [-0.1, -0.05) is 23.7 Å². The van der Waals surface area contributed by atoms with Crippen molar-refractivity contribution in [3.8, 4) is 0 Å². The van der Waals surface area contributed by atoms with Crippen molar-refractivity contribution in [2.75, 3.05) is 6.54 Å². The van der Waals surface area contributed by atoms with Crippen molar-refractivity contribution in [2.45, 2.75) is 32.5 Å². The summed E-state index contributed by atoms with van der Waals surface area (Å²) in [7, 11) is 0. The monoisotopic (exact) mass is 410 g/mol. The van der Waals surface area contributed by atoms with E-state index in [1.54, 1.807) is 12.4 Å². The van der Waals surface area contributed by atoms with Crippen LogP contribution in [0.2, 0.25) is 5.02 Å². The molecule has 2 aromatic heterocycles. The molecule has 7 heteroatoms. The fourth-order valence-electron chi connectivity index (χ4n) is 3.20. The maximum absolute atomic E-state index is 12.4. The lowest BCUT2D eigenvalue weighted by molar-refractivity contribution is 0.0945. The third kappa shape index (κ3) is 5.89. The van der Waals surface area contributed by atoms with Gasteiger partial charge in [0.1, 0.15) is 6.26 Å². The van der Waals surface area contributed by atoms with Crippen LogP contribution in [-0.2, 0) is 19.6 Å². The van der Waals surface area contributed by atoms with Crippen molar-refractivity contribution in [1.82, 2.24) is 20.2 Å². The number of carbonyl (C=O) groups excluding carboxylic acids is 1. The summed E-state index contributed by atoms with van der Waals surface area (Å²) < 4.78 is 5.58. The summed E-state index contributed by atoms with van der Waals surface area (Å²) in [6.45, 7) is 2.73. The first-order chi connectivity index (χ1) is 14.2. The Labute approximate surface area is 174 Å². The highest BCUT2D eigenvalue weighted by Gasteiger charge is 2.25. The second-order valence-electron chi connectivity index (χ2n) is 7.41. The molecule has 1 aliphatic rings. The van der Waals surface area contributed by atoms with E-state index in [0.29, 0.717) is 24.7 Å². The van der Waals surface area contributed by atoms with Crippen molar-refractivity contribution in [3.05, 3.63) is 82.8 Å². The Morgan fingerprint density at radius 3 is 2.76 bits per heavy atom. The van der Waals surface area contributed by atoms with Crippen LogP contribution in [0.4, 0.5) is 0 Å². The molecule has 29 heavy (non-hydrogen) atoms. The average Bonchev–Trinajstić information content (AvgIpc) is 3.41. The number of halogens is 1. The van der Waals surface area contributed by atoms with E-state index in [2.05, 4.69) is 26.3 Å². The van der Waals surface area contributed by atoms with Gasteiger partial charge in [0, 0.05) is 37.1 Å². The first-order valence-corrected chi connectivity index (χ1v) is 10.1. The van der Waals surface area contributed by atoms with E-state index in [9.17, 15) is 4.79 Å². The molecule has 1 fully saturated rings. The number of hydrogen-bond donors (Lipinski definition) is 1. The van der Waals surface area contributed by atoms with Crippen LogP contribution in [0.3, 0.4) is 0 Å². The molecule has 0 atom stereocenters. The highest BCUT2D eigenvalue weighted by molar-refractivity contribution is 6.30. The van der Waals surface area contributed by atoms with Crippen LogP contribution in [0.1, 0.15) is 40.3 Å². The number of amides is 1. The topological polar surface area (TPSA) is 71.3 Å². The summed E-state index contributed by atoms with van der Waals surface area (Å²) in [6, 6.07) is 11.6. The van der Waals surface area contributed by atoms with E-state index in [1.807, 2.05) is 30.3 Å². The largest absolute Gasteiger partial charge is 0.447 e. The third-order valence-corrected chi connectivity index (χ3v) is 5.09. The molecule has 2 heterocycles. The van der Waals surface area contributed by atoms with Gasteiger partial charge in [-0.3, -0.25) is 14.7 Å². The first kappa shape index (κ1) is 19.6. The average molecular weight is 411 g/mol. The van der Waals surface area contributed by atoms with Gasteiger partial charge in [-0.05, 0) is 54.2 Å². The van der Waals surface area contributed by atoms with Crippen molar-refractivity contribution >= 4 is 17.5 Å². The number of aromatic nitrogens is 2. The minimum atomic E-state index is -0.250. The summed E-state index contributed by atoms with van der Waals surface area (Å²) in [5.74, 6) is 1.02. The number of nitrogens with zero attached hydrogens (tertiary/aromatic N) is 3. The molecule has 3 aromatic rings. The highest BCUT2D eigenvalue weighted by atomic mass is 35.5. The molecule has 1 saturated carbocycles. The fourth-order valence-corrected chi connectivity index (χ4v) is 3.41. The van der Waals surface area contributed by atoms with Crippen LogP contribution >= 0.6 is 11.6 Å². The van der Waals surface area contributed by atoms with E-state index in [0.717, 1.165) is 35.2 Å². The molecule has 4 rings (SSSR count). The van der Waals surface area contributed by atoms with Gasteiger partial charge in [0.05, 0.1) is 6.54 Å². The molecule has 0 saturated heterocycles. The van der Waals surface area contributed by atoms with Crippen LogP contribution < -0.4 is 5.32 Å². The number of carbonyl (C=O) groups is 1. The summed E-state index contributed by atoms with van der Waals surface area (Å²) in [6.07, 6.45) is 7.35. The highest BCUT2D eigenvalue weighted by Crippen LogP contribution is 2.30. The quantitative estimate of drug-likeness (QED) is 0.575. The van der Waals surface area contributed by atoms with Crippen LogP contribution in [0.25, 0.3) is 0 Å². The van der Waals surface area contributed by atoms with Gasteiger partial charge in [0.2, 0.25) is 5.89 Å². The Hall–Kier alpha value is -2.70. The van der Waals surface area contributed by atoms with Crippen LogP contribution in [0, 0.1) is 5.92 Å². The van der Waals surface area contributed by atoms with E-state index in [-0.39, 0.29) is 5.91 Å². The maximum atomic E-state index is 12.4. The van der Waals surface area contributed by atoms with Gasteiger partial charge in [-0.2, -0.15) is 0 Å². The predicted octanol–water partition coefficient (Wildman–Crippen LogP) is 4.07. The van der Waals surface area contributed by atoms with E-state index in [4.69, 9.17) is 16.0 Å². The van der Waals surface area contributed by atoms with Gasteiger partial charge < -0.3 is 9.73 Å². The molecule has 1 aromatic carbocycles. The summed E-state index contributed by atoms with van der Waals surface area (Å²) in [5.41, 5.74) is 2.43. The molecule has 0 bridgehead atoms. The molecule has 0 spiro atoms. The second-order valence-corrected chi connectivity index (χ2v) is 7.84. The molecule has 0 radical (unpaired) electrons. The van der Waals surface area contributed by atoms with Crippen molar-refractivity contribution in [1.29, 1.82) is 0 Å². The van der Waals surface area contributed by atoms with Crippen LogP contribution in [0.5, 0.6) is 0 Å². The van der Waals surface area contributed by atoms with Gasteiger partial charge in [-0.15, -0.1) is 0 Å². The van der Waals surface area contributed by atoms with Crippen molar-refractivity contribution in [3.63, 3.8) is 0 Å². The fraction of sp³-hybridized carbons (Fsp3) is 0.318. The number of pyridine rings is 1. The van der Waals surface area contributed by atoms with Gasteiger partial charge in [0.15, 0.2) is 5.69 Å². The Kier molecular flexibility index (Phi) is 6.22. The Morgan fingerprint density at radius 1 is 1.17 bits per heavy atom. The number of oxazole rings is 1. The summed E-state index contributed by atoms with van der Waals surface area (Å²) in [4.78, 5) is 23.0.